The topological polar surface area (TPSA) is 115 Å². The molecule has 8 heteroatoms. The molecule has 0 aliphatic heterocycles. The van der Waals surface area contributed by atoms with E-state index in [4.69, 9.17) is 11.5 Å². The summed E-state index contributed by atoms with van der Waals surface area (Å²) >= 11 is 1.18. The predicted octanol–water partition coefficient (Wildman–Crippen LogP) is 1.00. The number of thiophene rings is 1. The van der Waals surface area contributed by atoms with Gasteiger partial charge in [0.05, 0.1) is 12.2 Å². The monoisotopic (exact) mass is 307 g/mol. The first-order valence-corrected chi connectivity index (χ1v) is 7.42. The third kappa shape index (κ3) is 3.27. The molecule has 0 saturated carbocycles. The Kier molecular flexibility index (Phi) is 4.69. The first-order chi connectivity index (χ1) is 10.0. The second-order valence-corrected chi connectivity index (χ2v) is 5.60. The predicted molar refractivity (Wildman–Crippen MR) is 81.8 cm³/mol. The van der Waals surface area contributed by atoms with Crippen molar-refractivity contribution >= 4 is 39.2 Å². The lowest BCUT2D eigenvalue weighted by Crippen LogP contribution is -2.39. The largest absolute Gasteiger partial charge is 0.396 e. The molecule has 7 nitrogen and oxygen atoms in total. The Balaban J connectivity index is 2.33. The van der Waals surface area contributed by atoms with Crippen molar-refractivity contribution in [3.63, 3.8) is 0 Å². The molecule has 0 radical (unpaired) electrons. The van der Waals surface area contributed by atoms with Gasteiger partial charge in [-0.15, -0.1) is 11.3 Å². The molecule has 0 atom stereocenters. The van der Waals surface area contributed by atoms with E-state index in [-0.39, 0.29) is 12.5 Å². The number of hydrogen-bond acceptors (Lipinski definition) is 6. The summed E-state index contributed by atoms with van der Waals surface area (Å²) in [5, 5.41) is 0. The van der Waals surface area contributed by atoms with E-state index in [0.29, 0.717) is 27.5 Å². The van der Waals surface area contributed by atoms with Crippen molar-refractivity contribution in [1.29, 1.82) is 0 Å². The van der Waals surface area contributed by atoms with Gasteiger partial charge in [0.15, 0.2) is 0 Å². The number of carbonyl (C=O) groups is 2. The van der Waals surface area contributed by atoms with Crippen LogP contribution in [0.5, 0.6) is 0 Å². The minimum Gasteiger partial charge on any atom is -0.396 e. The Morgan fingerprint density at radius 2 is 2.05 bits per heavy atom. The normalized spacial score (nSPS) is 10.7. The first-order valence-electron chi connectivity index (χ1n) is 6.61. The lowest BCUT2D eigenvalue weighted by molar-refractivity contribution is -0.118. The van der Waals surface area contributed by atoms with E-state index in [2.05, 4.69) is 9.97 Å². The maximum absolute atomic E-state index is 12.6. The smallest absolute Gasteiger partial charge is 0.266 e. The number of amides is 2. The van der Waals surface area contributed by atoms with Crippen LogP contribution >= 0.6 is 11.3 Å². The average molecular weight is 307 g/mol. The second kappa shape index (κ2) is 6.49. The number of fused-ring (bicyclic) bond motifs is 1. The fourth-order valence-electron chi connectivity index (χ4n) is 1.94. The van der Waals surface area contributed by atoms with Crippen LogP contribution in [0, 0.1) is 0 Å². The number of nitrogen functional groups attached to an aromatic ring is 1. The number of nitrogens with two attached hydrogens (primary N) is 2. The Hall–Kier alpha value is -2.22. The molecule has 112 valence electrons. The lowest BCUT2D eigenvalue weighted by Gasteiger charge is -2.20. The second-order valence-electron chi connectivity index (χ2n) is 4.60. The van der Waals surface area contributed by atoms with Crippen LogP contribution in [0.3, 0.4) is 0 Å². The highest BCUT2D eigenvalue weighted by Gasteiger charge is 2.23. The van der Waals surface area contributed by atoms with Gasteiger partial charge < -0.3 is 16.4 Å². The van der Waals surface area contributed by atoms with E-state index in [9.17, 15) is 9.59 Å². The zero-order chi connectivity index (χ0) is 15.4. The SMILES string of the molecule is CCCCN(CC(N)=O)C(=O)c1sc2nccnc2c1N. The number of anilines is 1. The highest BCUT2D eigenvalue weighted by atomic mass is 32.1. The summed E-state index contributed by atoms with van der Waals surface area (Å²) in [6.45, 7) is 2.36. The van der Waals surface area contributed by atoms with Crippen LogP contribution in [0.4, 0.5) is 5.69 Å². The van der Waals surface area contributed by atoms with E-state index >= 15 is 0 Å². The minimum atomic E-state index is -0.546. The van der Waals surface area contributed by atoms with Gasteiger partial charge in [0, 0.05) is 18.9 Å². The molecule has 0 saturated heterocycles. The quantitative estimate of drug-likeness (QED) is 0.826. The number of aromatic nitrogens is 2. The number of carbonyl (C=O) groups excluding carboxylic acids is 2. The van der Waals surface area contributed by atoms with Crippen LogP contribution in [0.2, 0.25) is 0 Å². The van der Waals surface area contributed by atoms with Gasteiger partial charge in [-0.2, -0.15) is 0 Å². The van der Waals surface area contributed by atoms with Gasteiger partial charge in [0.2, 0.25) is 5.91 Å². The zero-order valence-electron chi connectivity index (χ0n) is 11.7. The molecule has 0 spiro atoms. The molecule has 2 heterocycles. The van der Waals surface area contributed by atoms with E-state index in [1.54, 1.807) is 6.20 Å². The molecule has 0 unspecified atom stereocenters. The third-order valence-corrected chi connectivity index (χ3v) is 4.06. The fourth-order valence-corrected chi connectivity index (χ4v) is 2.93. The maximum atomic E-state index is 12.6. The molecule has 2 aromatic heterocycles. The van der Waals surface area contributed by atoms with Crippen LogP contribution in [0.1, 0.15) is 29.4 Å². The molecule has 4 N–H and O–H groups in total. The minimum absolute atomic E-state index is 0.118. The van der Waals surface area contributed by atoms with Gasteiger partial charge in [0.25, 0.3) is 5.91 Å². The number of rotatable bonds is 6. The Morgan fingerprint density at radius 1 is 1.33 bits per heavy atom. The summed E-state index contributed by atoms with van der Waals surface area (Å²) < 4.78 is 0. The molecule has 0 fully saturated rings. The van der Waals surface area contributed by atoms with Crippen molar-refractivity contribution in [3.05, 3.63) is 17.3 Å². The number of nitrogens with zero attached hydrogens (tertiary/aromatic N) is 3. The Morgan fingerprint density at radius 3 is 2.67 bits per heavy atom. The number of primary amides is 1. The Bertz CT molecular complexity index is 670. The molecule has 0 bridgehead atoms. The van der Waals surface area contributed by atoms with Gasteiger partial charge in [-0.3, -0.25) is 9.59 Å². The van der Waals surface area contributed by atoms with Crippen LogP contribution in [-0.2, 0) is 4.79 Å². The molecule has 21 heavy (non-hydrogen) atoms. The van der Waals surface area contributed by atoms with Gasteiger partial charge in [0.1, 0.15) is 15.2 Å². The summed E-state index contributed by atoms with van der Waals surface area (Å²) in [5.74, 6) is -0.847. The summed E-state index contributed by atoms with van der Waals surface area (Å²) in [6, 6.07) is 0. The average Bonchev–Trinajstić information content (AvgIpc) is 2.80. The molecule has 2 rings (SSSR count). The van der Waals surface area contributed by atoms with Crippen molar-refractivity contribution in [2.24, 2.45) is 5.73 Å². The molecule has 2 aromatic rings. The molecular formula is C13H17N5O2S. The Labute approximate surface area is 126 Å². The standard InChI is InChI=1S/C13H17N5O2S/c1-2-3-6-18(7-8(14)19)13(20)11-9(15)10-12(21-11)17-5-4-16-10/h4-5H,2-3,6-7,15H2,1H3,(H2,14,19). The zero-order valence-corrected chi connectivity index (χ0v) is 12.5. The van der Waals surface area contributed by atoms with Crippen molar-refractivity contribution in [3.8, 4) is 0 Å². The maximum Gasteiger partial charge on any atom is 0.266 e. The van der Waals surface area contributed by atoms with Crippen molar-refractivity contribution in [2.75, 3.05) is 18.8 Å². The molecule has 0 aliphatic carbocycles. The first kappa shape index (κ1) is 15.2. The van der Waals surface area contributed by atoms with Gasteiger partial charge in [-0.25, -0.2) is 9.97 Å². The highest BCUT2D eigenvalue weighted by Crippen LogP contribution is 2.31. The number of unbranched alkanes of at least 4 members (excludes halogenated alkanes) is 1. The van der Waals surface area contributed by atoms with Crippen molar-refractivity contribution < 1.29 is 9.59 Å². The number of hydrogen-bond donors (Lipinski definition) is 2. The van der Waals surface area contributed by atoms with Crippen LogP contribution < -0.4 is 11.5 Å². The summed E-state index contributed by atoms with van der Waals surface area (Å²) in [5.41, 5.74) is 12.0. The van der Waals surface area contributed by atoms with E-state index in [0.717, 1.165) is 12.8 Å². The van der Waals surface area contributed by atoms with E-state index in [1.165, 1.54) is 22.4 Å². The molecular weight excluding hydrogens is 290 g/mol. The third-order valence-electron chi connectivity index (χ3n) is 2.97. The van der Waals surface area contributed by atoms with Crippen LogP contribution in [0.25, 0.3) is 10.3 Å². The van der Waals surface area contributed by atoms with Gasteiger partial charge >= 0.3 is 0 Å². The van der Waals surface area contributed by atoms with E-state index in [1.807, 2.05) is 6.92 Å². The van der Waals surface area contributed by atoms with Crippen molar-refractivity contribution in [1.82, 2.24) is 14.9 Å². The summed E-state index contributed by atoms with van der Waals surface area (Å²) in [7, 11) is 0. The lowest BCUT2D eigenvalue weighted by atomic mass is 10.2. The van der Waals surface area contributed by atoms with Crippen molar-refractivity contribution in [2.45, 2.75) is 19.8 Å². The molecule has 0 aromatic carbocycles. The summed E-state index contributed by atoms with van der Waals surface area (Å²) in [6.07, 6.45) is 4.77. The fraction of sp³-hybridized carbons (Fsp3) is 0.385. The molecule has 2 amide bonds. The summed E-state index contributed by atoms with van der Waals surface area (Å²) in [4.78, 5) is 34.4. The van der Waals surface area contributed by atoms with Gasteiger partial charge in [-0.1, -0.05) is 13.3 Å². The van der Waals surface area contributed by atoms with Crippen LogP contribution in [0.15, 0.2) is 12.4 Å². The van der Waals surface area contributed by atoms with Gasteiger partial charge in [-0.05, 0) is 6.42 Å². The van der Waals surface area contributed by atoms with E-state index < -0.39 is 5.91 Å². The molecule has 0 aliphatic rings. The highest BCUT2D eigenvalue weighted by molar-refractivity contribution is 7.21. The van der Waals surface area contributed by atoms with Crippen LogP contribution in [-0.4, -0.2) is 39.8 Å².